The molecule has 2 atom stereocenters. The van der Waals surface area contributed by atoms with Crippen LogP contribution in [0, 0.1) is 5.92 Å². The van der Waals surface area contributed by atoms with Crippen LogP contribution in [0.5, 0.6) is 0 Å². The Hall–Kier alpha value is -6.72. The van der Waals surface area contributed by atoms with Gasteiger partial charge in [0, 0.05) is 52.8 Å². The first-order valence-corrected chi connectivity index (χ1v) is 26.4. The van der Waals surface area contributed by atoms with Gasteiger partial charge in [0.2, 0.25) is 29.3 Å². The molecule has 77 heavy (non-hydrogen) atoms. The number of nitrogens with zero attached hydrogens (tertiary/aromatic N) is 10. The smallest absolute Gasteiger partial charge is 0.349 e. The number of fused-ring (bicyclic) bond motifs is 2. The first-order valence-electron chi connectivity index (χ1n) is 24.6. The van der Waals surface area contributed by atoms with E-state index in [4.69, 9.17) is 9.05 Å². The highest BCUT2D eigenvalue weighted by Gasteiger charge is 2.36. The normalized spacial score (nSPS) is 18.1. The molecule has 7 aromatic heterocycles. The number of carbonyl (C=O) groups excluding carboxylic acids is 4. The average Bonchev–Trinajstić information content (AvgIpc) is 4.27. The van der Waals surface area contributed by atoms with Gasteiger partial charge in [-0.2, -0.15) is 41.4 Å². The van der Waals surface area contributed by atoms with E-state index >= 15 is 0 Å². The lowest BCUT2D eigenvalue weighted by molar-refractivity contribution is -0.140. The number of hydrogen-bond acceptors (Lipinski definition) is 15. The molecule has 2 unspecified atom stereocenters. The van der Waals surface area contributed by atoms with Gasteiger partial charge >= 0.3 is 12.4 Å². The van der Waals surface area contributed by atoms with E-state index in [0.717, 1.165) is 70.6 Å². The predicted molar refractivity (Wildman–Crippen MR) is 268 cm³/mol. The molecule has 3 aliphatic rings. The molecule has 2 aliphatic heterocycles. The Bertz CT molecular complexity index is 3260. The molecule has 1 aliphatic carbocycles. The number of likely N-dealkylation sites (tertiary alicyclic amines) is 2. The third-order valence-corrected chi connectivity index (χ3v) is 15.3. The van der Waals surface area contributed by atoms with E-state index in [-0.39, 0.29) is 99.5 Å². The van der Waals surface area contributed by atoms with Gasteiger partial charge in [0.25, 0.3) is 17.7 Å². The number of rotatable bonds is 14. The molecule has 0 bridgehead atoms. The number of hydrogen-bond donors (Lipinski definition) is 4. The molecule has 0 spiro atoms. The van der Waals surface area contributed by atoms with Gasteiger partial charge in [-0.1, -0.05) is 10.3 Å². The van der Waals surface area contributed by atoms with E-state index in [2.05, 4.69) is 51.5 Å². The second-order valence-corrected chi connectivity index (χ2v) is 22.2. The Morgan fingerprint density at radius 1 is 0.701 bits per heavy atom. The summed E-state index contributed by atoms with van der Waals surface area (Å²) in [6, 6.07) is 2.22. The second-order valence-electron chi connectivity index (χ2n) is 20.4. The second kappa shape index (κ2) is 22.0. The number of piperidine rings is 2. The fourth-order valence-corrected chi connectivity index (χ4v) is 11.0. The van der Waals surface area contributed by atoms with E-state index in [1.54, 1.807) is 23.3 Å². The summed E-state index contributed by atoms with van der Waals surface area (Å²) in [6.07, 6.45) is -3.58. The molecule has 0 aromatic carbocycles. The minimum Gasteiger partial charge on any atom is -0.349 e. The van der Waals surface area contributed by atoms with Crippen molar-refractivity contribution in [1.82, 2.24) is 70.3 Å². The maximum Gasteiger partial charge on any atom is 0.406 e. The van der Waals surface area contributed by atoms with E-state index in [9.17, 15) is 49.9 Å². The van der Waals surface area contributed by atoms with Gasteiger partial charge in [0.15, 0.2) is 0 Å². The van der Waals surface area contributed by atoms with Crippen LogP contribution in [0.25, 0.3) is 43.5 Å². The lowest BCUT2D eigenvalue weighted by atomic mass is 10.0. The molecule has 414 valence electrons. The summed E-state index contributed by atoms with van der Waals surface area (Å²) < 4.78 is 110. The quantitative estimate of drug-likeness (QED) is 0.0796. The molecule has 29 heteroatoms. The van der Waals surface area contributed by atoms with Crippen molar-refractivity contribution in [2.75, 3.05) is 40.3 Å². The fourth-order valence-electron chi connectivity index (χ4n) is 8.91. The maximum absolute atomic E-state index is 14.5. The molecule has 2 saturated heterocycles. The summed E-state index contributed by atoms with van der Waals surface area (Å²) in [5.74, 6) is -1.52. The van der Waals surface area contributed by atoms with E-state index in [1.807, 2.05) is 32.7 Å². The monoisotopic (exact) mass is 1120 g/mol. The number of carbonyl (C=O) groups is 4. The van der Waals surface area contributed by atoms with Crippen LogP contribution in [-0.2, 0) is 36.5 Å². The molecule has 3 fully saturated rings. The van der Waals surface area contributed by atoms with Crippen molar-refractivity contribution in [3.05, 3.63) is 63.8 Å². The van der Waals surface area contributed by atoms with Crippen molar-refractivity contribution in [3.63, 3.8) is 0 Å². The first-order chi connectivity index (χ1) is 36.4. The number of amides is 4. The van der Waals surface area contributed by atoms with Crippen LogP contribution in [0.4, 0.5) is 30.7 Å². The topological polar surface area (TPSA) is 228 Å². The minimum atomic E-state index is -4.58. The fraction of sp³-hybridized carbons (Fsp3) is 0.521. The molecular weight excluding hydrogens is 1070 g/mol. The van der Waals surface area contributed by atoms with Gasteiger partial charge < -0.3 is 49.2 Å². The zero-order valence-corrected chi connectivity index (χ0v) is 44.0. The van der Waals surface area contributed by atoms with E-state index in [1.165, 1.54) is 23.7 Å². The van der Waals surface area contributed by atoms with Gasteiger partial charge in [0.1, 0.15) is 28.9 Å². The summed E-state index contributed by atoms with van der Waals surface area (Å²) >= 11 is 2.03. The SMILES string of the molecule is CN1CCC(NC(=O)c2csc3c2cc(-c2noc(CNC(=O)C4CC4)n2)n3CC(F)(F)F)CC1.CN1CCC(NC(=O)c2csc3c2cc(-c2noc(CNC(=O)c4cnn(C(C)(C)C)c4)n2)n3CC(F)(F)F)C(F)C1. The standard InChI is InChI=1S/C26H30F4N8O3S.C22H25F3N6O3S/c1-25(2,3)38-10-14(8-32-38)22(39)31-9-20-34-21(35-41-20)19-7-15-16(12-42-24(15)37(19)13-26(28,29)30)23(40)33-18-5-6-36(4)11-17(18)27;1-30-6-4-13(5-7-30)27-20(33)15-10-35-21-14(15)8-16(31(21)11-22(23,24)25)18-28-17(34-29-18)9-26-19(32)12-2-3-12/h7-8,10,12,17-18H,5-6,9,11,13H2,1-4H3,(H,31,39)(H,33,40);8,10,12-13H,2-7,9,11H2,1H3,(H,26,32)(H,27,33). The molecule has 7 aromatic rings. The van der Waals surface area contributed by atoms with Gasteiger partial charge in [-0.05, 0) is 92.2 Å². The largest absolute Gasteiger partial charge is 0.406 e. The van der Waals surface area contributed by atoms with Gasteiger partial charge in [-0.3, -0.25) is 23.9 Å². The molecule has 4 N–H and O–H groups in total. The van der Waals surface area contributed by atoms with E-state index in [0.29, 0.717) is 34.3 Å². The van der Waals surface area contributed by atoms with E-state index < -0.39 is 49.5 Å². The van der Waals surface area contributed by atoms with Gasteiger partial charge in [0.05, 0.1) is 58.9 Å². The van der Waals surface area contributed by atoms with Gasteiger partial charge in [-0.15, -0.1) is 22.7 Å². The van der Waals surface area contributed by atoms with Crippen LogP contribution in [0.2, 0.25) is 0 Å². The van der Waals surface area contributed by atoms with Crippen molar-refractivity contribution in [2.45, 2.75) is 115 Å². The zero-order chi connectivity index (χ0) is 55.1. The van der Waals surface area contributed by atoms with Crippen molar-refractivity contribution < 1.29 is 59.0 Å². The third-order valence-electron chi connectivity index (χ3n) is 13.2. The molecule has 10 rings (SSSR count). The maximum atomic E-state index is 14.5. The summed E-state index contributed by atoms with van der Waals surface area (Å²) in [4.78, 5) is 63.3. The number of halogens is 7. The van der Waals surface area contributed by atoms with Crippen molar-refractivity contribution >= 4 is 66.7 Å². The first kappa shape index (κ1) is 55.0. The van der Waals surface area contributed by atoms with Gasteiger partial charge in [-0.25, -0.2) is 4.39 Å². The molecule has 4 amide bonds. The Labute approximate surface area is 442 Å². The van der Waals surface area contributed by atoms with Crippen molar-refractivity contribution in [3.8, 4) is 23.0 Å². The highest BCUT2D eigenvalue weighted by Crippen LogP contribution is 2.38. The lowest BCUT2D eigenvalue weighted by Gasteiger charge is -2.32. The Balaban J connectivity index is 0.000000191. The zero-order valence-electron chi connectivity index (χ0n) is 42.3. The molecule has 1 saturated carbocycles. The van der Waals surface area contributed by atoms with Crippen LogP contribution in [0.15, 0.2) is 44.3 Å². The summed E-state index contributed by atoms with van der Waals surface area (Å²) in [6.45, 7) is 5.55. The Morgan fingerprint density at radius 3 is 1.71 bits per heavy atom. The van der Waals surface area contributed by atoms with Crippen LogP contribution in [-0.4, -0.2) is 144 Å². The molecule has 0 radical (unpaired) electrons. The summed E-state index contributed by atoms with van der Waals surface area (Å²) in [5, 5.41) is 26.6. The molecule has 20 nitrogen and oxygen atoms in total. The van der Waals surface area contributed by atoms with Crippen LogP contribution >= 0.6 is 22.7 Å². The molecular formula is C48H55F7N14O6S2. The third kappa shape index (κ3) is 13.2. The van der Waals surface area contributed by atoms with Crippen molar-refractivity contribution in [2.24, 2.45) is 5.92 Å². The number of alkyl halides is 7. The van der Waals surface area contributed by atoms with Crippen molar-refractivity contribution in [1.29, 1.82) is 0 Å². The highest BCUT2D eigenvalue weighted by molar-refractivity contribution is 7.17. The number of thiophene rings is 2. The van der Waals surface area contributed by atoms with Crippen LogP contribution in [0.3, 0.4) is 0 Å². The number of aromatic nitrogens is 8. The number of nitrogens with one attached hydrogen (secondary N) is 4. The minimum absolute atomic E-state index is 0.000905. The molecule has 9 heterocycles. The average molecular weight is 1120 g/mol. The lowest BCUT2D eigenvalue weighted by Crippen LogP contribution is -2.51. The highest BCUT2D eigenvalue weighted by atomic mass is 32.1. The Kier molecular flexibility index (Phi) is 15.7. The van der Waals surface area contributed by atoms with Crippen LogP contribution in [0.1, 0.15) is 95.7 Å². The Morgan fingerprint density at radius 2 is 1.22 bits per heavy atom. The predicted octanol–water partition coefficient (Wildman–Crippen LogP) is 7.13. The van der Waals surface area contributed by atoms with Crippen LogP contribution < -0.4 is 21.3 Å². The summed E-state index contributed by atoms with van der Waals surface area (Å²) in [5.41, 5.74) is 0.540. The summed E-state index contributed by atoms with van der Waals surface area (Å²) in [7, 11) is 3.81.